The molecule has 20 heavy (non-hydrogen) atoms. The molecular formula is C10H21F2N3O4S. The molecule has 0 radical (unpaired) electrons. The average Bonchev–Trinajstić information content (AvgIpc) is 2.33. The van der Waals surface area contributed by atoms with E-state index in [1.54, 1.807) is 13.8 Å². The van der Waals surface area contributed by atoms with Crippen molar-refractivity contribution >= 4 is 15.9 Å². The molecule has 1 amide bonds. The zero-order valence-electron chi connectivity index (χ0n) is 11.5. The normalized spacial score (nSPS) is 12.7. The lowest BCUT2D eigenvalue weighted by molar-refractivity contribution is -0.121. The van der Waals surface area contributed by atoms with E-state index in [-0.39, 0.29) is 18.5 Å². The summed E-state index contributed by atoms with van der Waals surface area (Å²) in [6, 6.07) is 0. The van der Waals surface area contributed by atoms with E-state index in [9.17, 15) is 22.0 Å². The van der Waals surface area contributed by atoms with Gasteiger partial charge in [-0.05, 0) is 13.8 Å². The maximum Gasteiger partial charge on any atom is 0.277 e. The molecule has 0 aromatic rings. The van der Waals surface area contributed by atoms with Gasteiger partial charge in [0.05, 0.1) is 38.1 Å². The first-order valence-corrected chi connectivity index (χ1v) is 7.67. The number of hydrogen-bond donors (Lipinski definition) is 3. The monoisotopic (exact) mass is 317 g/mol. The van der Waals surface area contributed by atoms with Crippen LogP contribution in [0, 0.1) is 0 Å². The topological polar surface area (TPSA) is 111 Å². The molecule has 0 spiro atoms. The van der Waals surface area contributed by atoms with Crippen molar-refractivity contribution in [2.24, 2.45) is 5.73 Å². The van der Waals surface area contributed by atoms with Gasteiger partial charge in [0, 0.05) is 0 Å². The third-order valence-corrected chi connectivity index (χ3v) is 3.39. The Morgan fingerprint density at radius 3 is 2.50 bits per heavy atom. The highest BCUT2D eigenvalue weighted by Gasteiger charge is 2.27. The molecule has 0 rings (SSSR count). The molecule has 0 bridgehead atoms. The molecule has 0 aromatic heterocycles. The number of carbonyl (C=O) groups is 1. The summed E-state index contributed by atoms with van der Waals surface area (Å²) < 4.78 is 55.4. The van der Waals surface area contributed by atoms with Gasteiger partial charge in [0.1, 0.15) is 0 Å². The Bertz CT molecular complexity index is 401. The molecule has 0 aliphatic carbocycles. The number of ether oxygens (including phenoxy) is 1. The standard InChI is InChI=1S/C10H21F2N3O4S/c1-8(2)19-3-4-20(17,18)15-5-9(16)14-7-10(11,12)6-13/h8,15H,3-7,13H2,1-2H3,(H,14,16). The molecule has 0 fully saturated rings. The Morgan fingerprint density at radius 2 is 2.00 bits per heavy atom. The molecule has 0 heterocycles. The lowest BCUT2D eigenvalue weighted by Gasteiger charge is -2.14. The predicted molar refractivity (Wildman–Crippen MR) is 69.9 cm³/mol. The molecule has 0 aromatic carbocycles. The van der Waals surface area contributed by atoms with Crippen LogP contribution in [0.5, 0.6) is 0 Å². The Balaban J connectivity index is 3.99. The van der Waals surface area contributed by atoms with Crippen molar-refractivity contribution in [3.8, 4) is 0 Å². The molecule has 0 saturated carbocycles. The summed E-state index contributed by atoms with van der Waals surface area (Å²) in [5.41, 5.74) is 4.79. The van der Waals surface area contributed by atoms with Crippen molar-refractivity contribution in [2.45, 2.75) is 25.9 Å². The first-order chi connectivity index (χ1) is 9.08. The van der Waals surface area contributed by atoms with Gasteiger partial charge in [-0.1, -0.05) is 0 Å². The molecule has 0 aliphatic heterocycles. The molecule has 0 unspecified atom stereocenters. The summed E-state index contributed by atoms with van der Waals surface area (Å²) in [6.45, 7) is 1.06. The molecular weight excluding hydrogens is 296 g/mol. The van der Waals surface area contributed by atoms with Crippen molar-refractivity contribution < 1.29 is 26.7 Å². The Labute approximate surface area is 117 Å². The van der Waals surface area contributed by atoms with Gasteiger partial charge in [-0.25, -0.2) is 21.9 Å². The largest absolute Gasteiger partial charge is 0.378 e. The smallest absolute Gasteiger partial charge is 0.277 e. The van der Waals surface area contributed by atoms with E-state index in [2.05, 4.69) is 0 Å². The summed E-state index contributed by atoms with van der Waals surface area (Å²) in [5.74, 6) is -4.37. The van der Waals surface area contributed by atoms with E-state index in [0.717, 1.165) is 0 Å². The van der Waals surface area contributed by atoms with E-state index < -0.39 is 41.5 Å². The van der Waals surface area contributed by atoms with Crippen LogP contribution >= 0.6 is 0 Å². The number of alkyl halides is 2. The van der Waals surface area contributed by atoms with Crippen molar-refractivity contribution in [1.29, 1.82) is 0 Å². The summed E-state index contributed by atoms with van der Waals surface area (Å²) in [7, 11) is -3.68. The highest BCUT2D eigenvalue weighted by Crippen LogP contribution is 2.08. The van der Waals surface area contributed by atoms with Crippen molar-refractivity contribution in [2.75, 3.05) is 32.0 Å². The van der Waals surface area contributed by atoms with Gasteiger partial charge in [0.25, 0.3) is 5.92 Å². The minimum atomic E-state index is -3.68. The number of rotatable bonds is 10. The van der Waals surface area contributed by atoms with Crippen LogP contribution in [-0.4, -0.2) is 58.3 Å². The number of carbonyl (C=O) groups excluding carboxylic acids is 1. The second-order valence-electron chi connectivity index (χ2n) is 4.40. The highest BCUT2D eigenvalue weighted by molar-refractivity contribution is 7.89. The number of amides is 1. The molecule has 10 heteroatoms. The molecule has 0 atom stereocenters. The maximum atomic E-state index is 12.7. The zero-order valence-corrected chi connectivity index (χ0v) is 12.3. The third-order valence-electron chi connectivity index (χ3n) is 2.10. The first-order valence-electron chi connectivity index (χ1n) is 6.01. The predicted octanol–water partition coefficient (Wildman–Crippen LogP) is -0.959. The zero-order chi connectivity index (χ0) is 15.8. The van der Waals surface area contributed by atoms with Gasteiger partial charge < -0.3 is 15.8 Å². The SMILES string of the molecule is CC(C)OCCS(=O)(=O)NCC(=O)NCC(F)(F)CN. The summed E-state index contributed by atoms with van der Waals surface area (Å²) >= 11 is 0. The van der Waals surface area contributed by atoms with Crippen LogP contribution in [0.15, 0.2) is 0 Å². The maximum absolute atomic E-state index is 12.7. The van der Waals surface area contributed by atoms with Crippen LogP contribution in [0.3, 0.4) is 0 Å². The number of halogens is 2. The molecule has 0 aliphatic rings. The minimum absolute atomic E-state index is 0.0140. The van der Waals surface area contributed by atoms with Gasteiger partial charge in [-0.15, -0.1) is 0 Å². The highest BCUT2D eigenvalue weighted by atomic mass is 32.2. The molecule has 120 valence electrons. The van der Waals surface area contributed by atoms with Gasteiger partial charge in [0.2, 0.25) is 15.9 Å². The molecule has 7 nitrogen and oxygen atoms in total. The quantitative estimate of drug-likeness (QED) is 0.481. The number of nitrogens with one attached hydrogen (secondary N) is 2. The fraction of sp³-hybridized carbons (Fsp3) is 0.900. The third kappa shape index (κ3) is 10.0. The average molecular weight is 317 g/mol. The summed E-state index contributed by atoms with van der Waals surface area (Å²) in [6.07, 6.45) is -0.105. The van der Waals surface area contributed by atoms with Crippen LogP contribution in [0.1, 0.15) is 13.8 Å². The summed E-state index contributed by atoms with van der Waals surface area (Å²) in [4.78, 5) is 11.2. The second-order valence-corrected chi connectivity index (χ2v) is 6.32. The van der Waals surface area contributed by atoms with Gasteiger partial charge in [-0.2, -0.15) is 0 Å². The lowest BCUT2D eigenvalue weighted by Crippen LogP contribution is -2.45. The van der Waals surface area contributed by atoms with Gasteiger partial charge in [-0.3, -0.25) is 4.79 Å². The second kappa shape index (κ2) is 8.45. The first kappa shape index (κ1) is 19.2. The summed E-state index contributed by atoms with van der Waals surface area (Å²) in [5, 5.41) is 1.89. The van der Waals surface area contributed by atoms with Crippen LogP contribution in [0.25, 0.3) is 0 Å². The van der Waals surface area contributed by atoms with E-state index in [1.165, 1.54) is 0 Å². The van der Waals surface area contributed by atoms with Crippen LogP contribution in [-0.2, 0) is 19.6 Å². The van der Waals surface area contributed by atoms with Crippen LogP contribution in [0.4, 0.5) is 8.78 Å². The van der Waals surface area contributed by atoms with E-state index in [0.29, 0.717) is 0 Å². The molecule has 0 saturated heterocycles. The van der Waals surface area contributed by atoms with E-state index in [1.807, 2.05) is 10.0 Å². The molecule has 4 N–H and O–H groups in total. The van der Waals surface area contributed by atoms with E-state index in [4.69, 9.17) is 10.5 Å². The minimum Gasteiger partial charge on any atom is -0.378 e. The lowest BCUT2D eigenvalue weighted by atomic mass is 10.3. The van der Waals surface area contributed by atoms with Gasteiger partial charge in [0.15, 0.2) is 0 Å². The van der Waals surface area contributed by atoms with E-state index >= 15 is 0 Å². The van der Waals surface area contributed by atoms with Crippen molar-refractivity contribution in [3.63, 3.8) is 0 Å². The Kier molecular flexibility index (Phi) is 8.09. The number of sulfonamides is 1. The fourth-order valence-electron chi connectivity index (χ4n) is 1.00. The van der Waals surface area contributed by atoms with Crippen molar-refractivity contribution in [1.82, 2.24) is 10.0 Å². The van der Waals surface area contributed by atoms with Gasteiger partial charge >= 0.3 is 0 Å². The Morgan fingerprint density at radius 1 is 1.40 bits per heavy atom. The fourth-order valence-corrected chi connectivity index (χ4v) is 1.81. The number of hydrogen-bond acceptors (Lipinski definition) is 5. The van der Waals surface area contributed by atoms with Crippen molar-refractivity contribution in [3.05, 3.63) is 0 Å². The van der Waals surface area contributed by atoms with Crippen LogP contribution in [0.2, 0.25) is 0 Å². The number of nitrogens with two attached hydrogens (primary N) is 1. The van der Waals surface area contributed by atoms with Crippen LogP contribution < -0.4 is 15.8 Å². The Hall–Kier alpha value is -0.840.